The Kier molecular flexibility index (Phi) is 1.98. The van der Waals surface area contributed by atoms with Gasteiger partial charge in [-0.05, 0) is 13.8 Å². The predicted octanol–water partition coefficient (Wildman–Crippen LogP) is 1.27. The molecule has 0 bridgehead atoms. The number of nitrogens with two attached hydrogens (primary N) is 1. The van der Waals surface area contributed by atoms with Crippen molar-refractivity contribution in [1.82, 2.24) is 9.78 Å². The highest BCUT2D eigenvalue weighted by molar-refractivity contribution is 5.46. The van der Waals surface area contributed by atoms with Crippen LogP contribution in [-0.2, 0) is 6.54 Å². The molecule has 0 radical (unpaired) electrons. The smallest absolute Gasteiger partial charge is 0.0826 e. The summed E-state index contributed by atoms with van der Waals surface area (Å²) >= 11 is 0. The zero-order valence-corrected chi connectivity index (χ0v) is 6.96. The van der Waals surface area contributed by atoms with E-state index in [1.165, 1.54) is 0 Å². The van der Waals surface area contributed by atoms with Crippen molar-refractivity contribution in [3.8, 4) is 0 Å². The lowest BCUT2D eigenvalue weighted by Crippen LogP contribution is -2.00. The second-order valence-electron chi connectivity index (χ2n) is 2.56. The maximum absolute atomic E-state index is 5.72. The number of hydrogen-bond donors (Lipinski definition) is 1. The number of rotatable bonds is 2. The van der Waals surface area contributed by atoms with Crippen LogP contribution < -0.4 is 5.73 Å². The number of aromatic nitrogens is 2. The van der Waals surface area contributed by atoms with E-state index in [9.17, 15) is 0 Å². The molecule has 2 N–H and O–H groups in total. The summed E-state index contributed by atoms with van der Waals surface area (Å²) in [5, 5.41) is 4.22. The fourth-order valence-corrected chi connectivity index (χ4v) is 1.01. The number of nitrogen functional groups attached to an aromatic ring is 1. The topological polar surface area (TPSA) is 43.8 Å². The van der Waals surface area contributed by atoms with Crippen LogP contribution in [0.4, 0.5) is 5.69 Å². The van der Waals surface area contributed by atoms with Gasteiger partial charge in [-0.15, -0.1) is 6.58 Å². The molecule has 0 saturated carbocycles. The lowest BCUT2D eigenvalue weighted by molar-refractivity contribution is 0.673. The minimum absolute atomic E-state index is 0.726. The molecular formula is C8H13N3. The maximum atomic E-state index is 5.72. The third-order valence-corrected chi connectivity index (χ3v) is 1.74. The number of hydrogen-bond acceptors (Lipinski definition) is 2. The molecule has 0 fully saturated rings. The van der Waals surface area contributed by atoms with E-state index in [2.05, 4.69) is 11.7 Å². The Hall–Kier alpha value is -1.25. The Morgan fingerprint density at radius 3 is 2.64 bits per heavy atom. The van der Waals surface area contributed by atoms with Crippen molar-refractivity contribution in [2.75, 3.05) is 5.73 Å². The molecule has 0 unspecified atom stereocenters. The molecule has 3 nitrogen and oxygen atoms in total. The summed E-state index contributed by atoms with van der Waals surface area (Å²) in [7, 11) is 0. The van der Waals surface area contributed by atoms with Crippen molar-refractivity contribution in [2.24, 2.45) is 0 Å². The van der Waals surface area contributed by atoms with Gasteiger partial charge in [0.2, 0.25) is 0 Å². The molecule has 1 aromatic heterocycles. The van der Waals surface area contributed by atoms with Crippen LogP contribution in [0.1, 0.15) is 11.4 Å². The first-order chi connectivity index (χ1) is 5.16. The molecule has 60 valence electrons. The first-order valence-corrected chi connectivity index (χ1v) is 3.57. The first kappa shape index (κ1) is 7.85. The van der Waals surface area contributed by atoms with Crippen LogP contribution in [0.3, 0.4) is 0 Å². The Balaban J connectivity index is 3.07. The summed E-state index contributed by atoms with van der Waals surface area (Å²) in [5.41, 5.74) is 8.41. The van der Waals surface area contributed by atoms with Gasteiger partial charge in [0.25, 0.3) is 0 Å². The molecule has 11 heavy (non-hydrogen) atoms. The van der Waals surface area contributed by atoms with E-state index in [4.69, 9.17) is 5.73 Å². The minimum Gasteiger partial charge on any atom is -0.396 e. The van der Waals surface area contributed by atoms with Crippen LogP contribution in [0.15, 0.2) is 12.7 Å². The highest BCUT2D eigenvalue weighted by atomic mass is 15.3. The molecule has 1 rings (SSSR count). The molecule has 0 aliphatic carbocycles. The molecule has 0 aliphatic rings. The zero-order valence-electron chi connectivity index (χ0n) is 6.96. The number of nitrogens with zero attached hydrogens (tertiary/aromatic N) is 2. The average molecular weight is 151 g/mol. The van der Waals surface area contributed by atoms with E-state index in [0.717, 1.165) is 23.6 Å². The van der Waals surface area contributed by atoms with Gasteiger partial charge < -0.3 is 5.73 Å². The third kappa shape index (κ3) is 1.27. The molecule has 1 aromatic rings. The summed E-state index contributed by atoms with van der Waals surface area (Å²) in [4.78, 5) is 0. The number of aryl methyl sites for hydroxylation is 1. The zero-order chi connectivity index (χ0) is 8.43. The third-order valence-electron chi connectivity index (χ3n) is 1.74. The molecule has 0 spiro atoms. The van der Waals surface area contributed by atoms with E-state index in [-0.39, 0.29) is 0 Å². The van der Waals surface area contributed by atoms with E-state index in [1.807, 2.05) is 18.5 Å². The summed E-state index contributed by atoms with van der Waals surface area (Å²) in [6, 6.07) is 0. The van der Waals surface area contributed by atoms with Gasteiger partial charge in [-0.25, -0.2) is 0 Å². The Bertz CT molecular complexity index is 273. The van der Waals surface area contributed by atoms with Crippen molar-refractivity contribution in [2.45, 2.75) is 20.4 Å². The lowest BCUT2D eigenvalue weighted by Gasteiger charge is -1.97. The van der Waals surface area contributed by atoms with Crippen molar-refractivity contribution in [3.05, 3.63) is 24.0 Å². The van der Waals surface area contributed by atoms with Gasteiger partial charge in [0.15, 0.2) is 0 Å². The van der Waals surface area contributed by atoms with Gasteiger partial charge in [0.05, 0.1) is 23.6 Å². The molecule has 1 heterocycles. The van der Waals surface area contributed by atoms with Gasteiger partial charge in [-0.2, -0.15) is 5.10 Å². The highest BCUT2D eigenvalue weighted by Crippen LogP contribution is 2.14. The van der Waals surface area contributed by atoms with E-state index in [1.54, 1.807) is 6.08 Å². The monoisotopic (exact) mass is 151 g/mol. The number of allylic oxidation sites excluding steroid dienone is 1. The quantitative estimate of drug-likeness (QED) is 0.647. The van der Waals surface area contributed by atoms with Crippen molar-refractivity contribution in [3.63, 3.8) is 0 Å². The largest absolute Gasteiger partial charge is 0.396 e. The lowest BCUT2D eigenvalue weighted by atomic mass is 10.3. The van der Waals surface area contributed by atoms with Gasteiger partial charge in [0, 0.05) is 0 Å². The molecule has 0 aromatic carbocycles. The average Bonchev–Trinajstić information content (AvgIpc) is 2.19. The molecule has 3 heteroatoms. The van der Waals surface area contributed by atoms with Gasteiger partial charge >= 0.3 is 0 Å². The fourth-order valence-electron chi connectivity index (χ4n) is 1.01. The van der Waals surface area contributed by atoms with Crippen LogP contribution in [-0.4, -0.2) is 9.78 Å². The predicted molar refractivity (Wildman–Crippen MR) is 46.3 cm³/mol. The first-order valence-electron chi connectivity index (χ1n) is 3.57. The van der Waals surface area contributed by atoms with Crippen LogP contribution in [0.2, 0.25) is 0 Å². The minimum atomic E-state index is 0.726. The van der Waals surface area contributed by atoms with Crippen LogP contribution >= 0.6 is 0 Å². The molecule has 0 saturated heterocycles. The second kappa shape index (κ2) is 2.78. The van der Waals surface area contributed by atoms with Crippen molar-refractivity contribution < 1.29 is 0 Å². The fraction of sp³-hybridized carbons (Fsp3) is 0.375. The summed E-state index contributed by atoms with van der Waals surface area (Å²) < 4.78 is 1.84. The standard InChI is InChI=1S/C8H13N3/c1-4-5-11-7(3)8(9)6(2)10-11/h4H,1,5,9H2,2-3H3. The van der Waals surface area contributed by atoms with E-state index in [0.29, 0.717) is 0 Å². The van der Waals surface area contributed by atoms with Crippen molar-refractivity contribution >= 4 is 5.69 Å². The Morgan fingerprint density at radius 2 is 2.27 bits per heavy atom. The maximum Gasteiger partial charge on any atom is 0.0826 e. The Labute approximate surface area is 66.5 Å². The highest BCUT2D eigenvalue weighted by Gasteiger charge is 2.05. The van der Waals surface area contributed by atoms with Crippen LogP contribution in [0.5, 0.6) is 0 Å². The summed E-state index contributed by atoms with van der Waals surface area (Å²) in [5.74, 6) is 0. The van der Waals surface area contributed by atoms with Gasteiger partial charge in [-0.3, -0.25) is 4.68 Å². The normalized spacial score (nSPS) is 10.0. The SMILES string of the molecule is C=CCn1nc(C)c(N)c1C. The Morgan fingerprint density at radius 1 is 1.64 bits per heavy atom. The number of anilines is 1. The molecule has 0 atom stereocenters. The molecule has 0 amide bonds. The van der Waals surface area contributed by atoms with Crippen LogP contribution in [0, 0.1) is 13.8 Å². The van der Waals surface area contributed by atoms with E-state index >= 15 is 0 Å². The summed E-state index contributed by atoms with van der Waals surface area (Å²) in [6.07, 6.45) is 1.80. The summed E-state index contributed by atoms with van der Waals surface area (Å²) in [6.45, 7) is 8.22. The van der Waals surface area contributed by atoms with Gasteiger partial charge in [-0.1, -0.05) is 6.08 Å². The van der Waals surface area contributed by atoms with Crippen molar-refractivity contribution in [1.29, 1.82) is 0 Å². The van der Waals surface area contributed by atoms with Crippen LogP contribution in [0.25, 0.3) is 0 Å². The molecule has 0 aliphatic heterocycles. The van der Waals surface area contributed by atoms with Gasteiger partial charge in [0.1, 0.15) is 0 Å². The second-order valence-corrected chi connectivity index (χ2v) is 2.56. The van der Waals surface area contributed by atoms with E-state index < -0.39 is 0 Å². The molecular weight excluding hydrogens is 138 g/mol.